The summed E-state index contributed by atoms with van der Waals surface area (Å²) in [6.07, 6.45) is 3.53. The molecule has 1 aromatic heterocycles. The summed E-state index contributed by atoms with van der Waals surface area (Å²) in [4.78, 5) is 10.9. The molecule has 0 aliphatic carbocycles. The number of carboxylic acid groups (broad SMARTS) is 1. The largest absolute Gasteiger partial charge is 0.480 e. The quantitative estimate of drug-likeness (QED) is 0.683. The predicted molar refractivity (Wildman–Crippen MR) is 58.1 cm³/mol. The first-order valence-electron chi connectivity index (χ1n) is 5.08. The number of hydrogen-bond acceptors (Lipinski definition) is 4. The molecule has 0 aliphatic rings. The fourth-order valence-corrected chi connectivity index (χ4v) is 1.44. The Balaban J connectivity index is 2.42. The molecule has 90 valence electrons. The van der Waals surface area contributed by atoms with Gasteiger partial charge in [-0.1, -0.05) is 0 Å². The van der Waals surface area contributed by atoms with Crippen LogP contribution < -0.4 is 5.32 Å². The molecule has 2 atom stereocenters. The van der Waals surface area contributed by atoms with Crippen molar-refractivity contribution >= 4 is 5.97 Å². The normalized spacial score (nSPS) is 14.6. The number of carboxylic acids is 1. The Hall–Kier alpha value is -1.40. The zero-order valence-corrected chi connectivity index (χ0v) is 9.46. The minimum atomic E-state index is -0.908. The Bertz CT molecular complexity index is 313. The zero-order chi connectivity index (χ0) is 12.0. The van der Waals surface area contributed by atoms with E-state index in [0.717, 1.165) is 0 Å². The molecule has 1 aromatic rings. The smallest absolute Gasteiger partial charge is 0.323 e. The maximum absolute atomic E-state index is 10.9. The van der Waals surface area contributed by atoms with E-state index < -0.39 is 12.0 Å². The van der Waals surface area contributed by atoms with E-state index in [1.807, 2.05) is 19.2 Å². The highest BCUT2D eigenvalue weighted by Crippen LogP contribution is 1.94. The summed E-state index contributed by atoms with van der Waals surface area (Å²) >= 11 is 0. The Labute approximate surface area is 94.2 Å². The number of aromatic nitrogens is 2. The summed E-state index contributed by atoms with van der Waals surface area (Å²) in [5.74, 6) is -0.908. The lowest BCUT2D eigenvalue weighted by atomic mass is 10.2. The van der Waals surface area contributed by atoms with Crippen molar-refractivity contribution in [3.63, 3.8) is 0 Å². The molecule has 0 saturated heterocycles. The van der Waals surface area contributed by atoms with Crippen LogP contribution in [-0.4, -0.2) is 46.7 Å². The van der Waals surface area contributed by atoms with Gasteiger partial charge in [0.15, 0.2) is 0 Å². The first-order chi connectivity index (χ1) is 7.63. The van der Waals surface area contributed by atoms with Gasteiger partial charge < -0.3 is 9.84 Å². The van der Waals surface area contributed by atoms with Crippen molar-refractivity contribution in [2.75, 3.05) is 13.7 Å². The van der Waals surface area contributed by atoms with E-state index in [-0.39, 0.29) is 12.6 Å². The van der Waals surface area contributed by atoms with Crippen LogP contribution in [-0.2, 0) is 16.1 Å². The molecule has 2 unspecified atom stereocenters. The van der Waals surface area contributed by atoms with Gasteiger partial charge in [0, 0.05) is 25.5 Å². The fourth-order valence-electron chi connectivity index (χ4n) is 1.44. The summed E-state index contributed by atoms with van der Waals surface area (Å²) in [6.45, 7) is 2.69. The Morgan fingerprint density at radius 1 is 1.69 bits per heavy atom. The molecule has 2 N–H and O–H groups in total. The van der Waals surface area contributed by atoms with Crippen molar-refractivity contribution < 1.29 is 14.6 Å². The van der Waals surface area contributed by atoms with Crippen molar-refractivity contribution in [1.82, 2.24) is 15.1 Å². The molecule has 0 saturated carbocycles. The third-order valence-corrected chi connectivity index (χ3v) is 2.14. The highest BCUT2D eigenvalue weighted by atomic mass is 16.5. The Kier molecular flexibility index (Phi) is 4.94. The second-order valence-corrected chi connectivity index (χ2v) is 3.64. The van der Waals surface area contributed by atoms with Gasteiger partial charge in [-0.2, -0.15) is 5.10 Å². The van der Waals surface area contributed by atoms with Gasteiger partial charge in [-0.25, -0.2) is 0 Å². The molecule has 0 aliphatic heterocycles. The van der Waals surface area contributed by atoms with E-state index in [1.54, 1.807) is 10.9 Å². The molecule has 16 heavy (non-hydrogen) atoms. The second-order valence-electron chi connectivity index (χ2n) is 3.64. The number of carbonyl (C=O) groups is 1. The first kappa shape index (κ1) is 12.7. The predicted octanol–water partition coefficient (Wildman–Crippen LogP) is -0.0392. The van der Waals surface area contributed by atoms with Gasteiger partial charge in [0.1, 0.15) is 6.04 Å². The van der Waals surface area contributed by atoms with Crippen molar-refractivity contribution in [1.29, 1.82) is 0 Å². The van der Waals surface area contributed by atoms with Crippen molar-refractivity contribution in [3.8, 4) is 0 Å². The van der Waals surface area contributed by atoms with E-state index in [4.69, 9.17) is 9.84 Å². The topological polar surface area (TPSA) is 76.4 Å². The molecule has 0 radical (unpaired) electrons. The van der Waals surface area contributed by atoms with Crippen LogP contribution in [0.5, 0.6) is 0 Å². The number of methoxy groups -OCH3 is 1. The monoisotopic (exact) mass is 227 g/mol. The molecule has 1 rings (SSSR count). The van der Waals surface area contributed by atoms with Gasteiger partial charge in [-0.3, -0.25) is 14.8 Å². The molecule has 0 bridgehead atoms. The van der Waals surface area contributed by atoms with Crippen molar-refractivity contribution in [3.05, 3.63) is 18.5 Å². The lowest BCUT2D eigenvalue weighted by molar-refractivity contribution is -0.141. The van der Waals surface area contributed by atoms with Crippen LogP contribution in [0.25, 0.3) is 0 Å². The Morgan fingerprint density at radius 3 is 2.94 bits per heavy atom. The maximum Gasteiger partial charge on any atom is 0.323 e. The molecule has 0 aromatic carbocycles. The van der Waals surface area contributed by atoms with E-state index >= 15 is 0 Å². The molecule has 1 heterocycles. The van der Waals surface area contributed by atoms with Gasteiger partial charge in [-0.15, -0.1) is 0 Å². The number of rotatable bonds is 7. The van der Waals surface area contributed by atoms with E-state index in [9.17, 15) is 4.79 Å². The van der Waals surface area contributed by atoms with Crippen LogP contribution in [0.4, 0.5) is 0 Å². The standard InChI is InChI=1S/C10H17N3O3/c1-8(6-13-5-3-4-11-13)12-9(7-16-2)10(14)15/h3-5,8-9,12H,6-7H2,1-2H3,(H,14,15). The SMILES string of the molecule is COCC(NC(C)Cn1cccn1)C(=O)O. The van der Waals surface area contributed by atoms with E-state index in [2.05, 4.69) is 10.4 Å². The summed E-state index contributed by atoms with van der Waals surface area (Å²) in [6, 6.07) is 1.16. The summed E-state index contributed by atoms with van der Waals surface area (Å²) in [5, 5.41) is 15.9. The third-order valence-electron chi connectivity index (χ3n) is 2.14. The van der Waals surface area contributed by atoms with Crippen LogP contribution in [0.1, 0.15) is 6.92 Å². The summed E-state index contributed by atoms with van der Waals surface area (Å²) in [5.41, 5.74) is 0. The number of hydrogen-bond donors (Lipinski definition) is 2. The molecular formula is C10H17N3O3. The number of aliphatic carboxylic acids is 1. The Morgan fingerprint density at radius 2 is 2.44 bits per heavy atom. The van der Waals surface area contributed by atoms with Crippen LogP contribution >= 0.6 is 0 Å². The summed E-state index contributed by atoms with van der Waals surface area (Å²) < 4.78 is 6.59. The number of ether oxygens (including phenoxy) is 1. The molecule has 0 fully saturated rings. The summed E-state index contributed by atoms with van der Waals surface area (Å²) in [7, 11) is 1.48. The van der Waals surface area contributed by atoms with Gasteiger partial charge in [0.2, 0.25) is 0 Å². The van der Waals surface area contributed by atoms with Crippen LogP contribution in [0.15, 0.2) is 18.5 Å². The van der Waals surface area contributed by atoms with Crippen LogP contribution in [0, 0.1) is 0 Å². The fraction of sp³-hybridized carbons (Fsp3) is 0.600. The molecule has 6 heteroatoms. The van der Waals surface area contributed by atoms with Gasteiger partial charge in [-0.05, 0) is 13.0 Å². The van der Waals surface area contributed by atoms with Gasteiger partial charge >= 0.3 is 5.97 Å². The minimum absolute atomic E-state index is 0.0103. The average molecular weight is 227 g/mol. The highest BCUT2D eigenvalue weighted by Gasteiger charge is 2.19. The minimum Gasteiger partial charge on any atom is -0.480 e. The van der Waals surface area contributed by atoms with Crippen molar-refractivity contribution in [2.45, 2.75) is 25.6 Å². The lowest BCUT2D eigenvalue weighted by Crippen LogP contribution is -2.46. The number of nitrogens with one attached hydrogen (secondary N) is 1. The van der Waals surface area contributed by atoms with Crippen molar-refractivity contribution in [2.24, 2.45) is 0 Å². The zero-order valence-electron chi connectivity index (χ0n) is 9.46. The highest BCUT2D eigenvalue weighted by molar-refractivity contribution is 5.73. The maximum atomic E-state index is 10.9. The van der Waals surface area contributed by atoms with Gasteiger partial charge in [0.05, 0.1) is 13.2 Å². The third kappa shape index (κ3) is 4.00. The molecule has 0 spiro atoms. The molecule has 6 nitrogen and oxygen atoms in total. The first-order valence-corrected chi connectivity index (χ1v) is 5.08. The average Bonchev–Trinajstić information content (AvgIpc) is 2.69. The molecule has 0 amide bonds. The van der Waals surface area contributed by atoms with E-state index in [0.29, 0.717) is 6.54 Å². The second kappa shape index (κ2) is 6.24. The molecular weight excluding hydrogens is 210 g/mol. The van der Waals surface area contributed by atoms with E-state index in [1.165, 1.54) is 7.11 Å². The van der Waals surface area contributed by atoms with Crippen LogP contribution in [0.3, 0.4) is 0 Å². The lowest BCUT2D eigenvalue weighted by Gasteiger charge is -2.19. The number of nitrogens with zero attached hydrogens (tertiary/aromatic N) is 2. The van der Waals surface area contributed by atoms with Gasteiger partial charge in [0.25, 0.3) is 0 Å². The van der Waals surface area contributed by atoms with Crippen LogP contribution in [0.2, 0.25) is 0 Å².